The first-order valence-electron chi connectivity index (χ1n) is 13.2. The van der Waals surface area contributed by atoms with Crippen molar-refractivity contribution < 1.29 is 44.2 Å². The standard InChI is InChI=1S/C23H32O6.3C2H6O/c1-4-7-8-9-10-11-15-18-23(19-26-21(24)5-2,29-28-22(25)6-3)27-20-16-13-12-14-17-20;3*1-2-3/h5-6,12-14,16-17H,2-4,7-11,15,18-19H2,1H3;3*3H,2H2,1H3. The zero-order valence-electron chi connectivity index (χ0n) is 23.7. The Bertz CT molecular complexity index is 649. The number of hydrogen-bond donors (Lipinski definition) is 3. The molecule has 1 unspecified atom stereocenters. The highest BCUT2D eigenvalue weighted by molar-refractivity contribution is 5.81. The van der Waals surface area contributed by atoms with Gasteiger partial charge in [-0.3, -0.25) is 4.89 Å². The molecule has 0 saturated carbocycles. The number of esters is 1. The molecule has 0 saturated heterocycles. The van der Waals surface area contributed by atoms with Crippen molar-refractivity contribution in [1.82, 2.24) is 0 Å². The molecule has 0 aliphatic heterocycles. The Kier molecular flexibility index (Phi) is 31.9. The summed E-state index contributed by atoms with van der Waals surface area (Å²) in [4.78, 5) is 33.3. The molecule has 0 bridgehead atoms. The molecule has 0 aliphatic rings. The van der Waals surface area contributed by atoms with E-state index in [0.29, 0.717) is 12.2 Å². The third kappa shape index (κ3) is 26.3. The summed E-state index contributed by atoms with van der Waals surface area (Å²) in [6, 6.07) is 8.95. The van der Waals surface area contributed by atoms with E-state index in [1.165, 1.54) is 19.3 Å². The van der Waals surface area contributed by atoms with Gasteiger partial charge in [-0.15, -0.1) is 4.89 Å². The number of unbranched alkanes of at least 4 members (excludes halogenated alkanes) is 6. The number of aliphatic hydroxyl groups excluding tert-OH is 3. The number of benzene rings is 1. The summed E-state index contributed by atoms with van der Waals surface area (Å²) in [7, 11) is 0. The van der Waals surface area contributed by atoms with Crippen LogP contribution in [0.3, 0.4) is 0 Å². The molecule has 1 rings (SSSR count). The lowest BCUT2D eigenvalue weighted by molar-refractivity contribution is -0.390. The molecular formula is C29H50O9. The quantitative estimate of drug-likeness (QED) is 0.0637. The van der Waals surface area contributed by atoms with Gasteiger partial charge < -0.3 is 24.8 Å². The molecule has 220 valence electrons. The number of ether oxygens (including phenoxy) is 2. The molecule has 0 aliphatic carbocycles. The van der Waals surface area contributed by atoms with Crippen molar-refractivity contribution >= 4 is 11.9 Å². The van der Waals surface area contributed by atoms with Crippen molar-refractivity contribution in [3.8, 4) is 5.75 Å². The fourth-order valence-corrected chi connectivity index (χ4v) is 2.68. The average molecular weight is 543 g/mol. The van der Waals surface area contributed by atoms with Gasteiger partial charge in [-0.05, 0) is 39.3 Å². The van der Waals surface area contributed by atoms with Crippen LogP contribution in [0.25, 0.3) is 0 Å². The van der Waals surface area contributed by atoms with Crippen LogP contribution in [0.1, 0.15) is 79.1 Å². The molecule has 38 heavy (non-hydrogen) atoms. The van der Waals surface area contributed by atoms with Crippen molar-refractivity contribution in [3.05, 3.63) is 55.6 Å². The molecule has 0 radical (unpaired) electrons. The van der Waals surface area contributed by atoms with Crippen LogP contribution in [0.2, 0.25) is 0 Å². The summed E-state index contributed by atoms with van der Waals surface area (Å²) in [5, 5.41) is 22.7. The molecule has 0 amide bonds. The normalized spacial score (nSPS) is 10.9. The van der Waals surface area contributed by atoms with Crippen LogP contribution in [0.15, 0.2) is 55.6 Å². The van der Waals surface area contributed by atoms with Crippen molar-refractivity contribution in [2.24, 2.45) is 0 Å². The Morgan fingerprint density at radius 1 is 0.789 bits per heavy atom. The van der Waals surface area contributed by atoms with Crippen LogP contribution in [0, 0.1) is 0 Å². The van der Waals surface area contributed by atoms with E-state index in [2.05, 4.69) is 20.1 Å². The second-order valence-corrected chi connectivity index (χ2v) is 7.65. The van der Waals surface area contributed by atoms with E-state index in [9.17, 15) is 9.59 Å². The number of hydrogen-bond acceptors (Lipinski definition) is 9. The van der Waals surface area contributed by atoms with Crippen LogP contribution in [0.4, 0.5) is 0 Å². The summed E-state index contributed by atoms with van der Waals surface area (Å²) < 4.78 is 11.2. The largest absolute Gasteiger partial charge is 0.455 e. The topological polar surface area (TPSA) is 132 Å². The van der Waals surface area contributed by atoms with E-state index in [-0.39, 0.29) is 26.4 Å². The van der Waals surface area contributed by atoms with E-state index in [4.69, 9.17) is 34.6 Å². The Morgan fingerprint density at radius 3 is 1.74 bits per heavy atom. The van der Waals surface area contributed by atoms with Crippen LogP contribution < -0.4 is 4.74 Å². The van der Waals surface area contributed by atoms with E-state index >= 15 is 0 Å². The Labute approximate surface area is 229 Å². The number of aliphatic hydroxyl groups is 3. The van der Waals surface area contributed by atoms with Gasteiger partial charge in [0.2, 0.25) is 0 Å². The molecule has 1 aromatic rings. The van der Waals surface area contributed by atoms with Gasteiger partial charge in [0.15, 0.2) is 6.61 Å². The molecule has 0 spiro atoms. The lowest BCUT2D eigenvalue weighted by atomic mass is 10.0. The second-order valence-electron chi connectivity index (χ2n) is 7.65. The minimum atomic E-state index is -1.47. The monoisotopic (exact) mass is 542 g/mol. The van der Waals surface area contributed by atoms with E-state index in [1.807, 2.05) is 6.07 Å². The fourth-order valence-electron chi connectivity index (χ4n) is 2.68. The number of para-hydroxylation sites is 1. The molecular weight excluding hydrogens is 492 g/mol. The number of carbonyl (C=O) groups excluding carboxylic acids is 2. The maximum atomic E-state index is 11.6. The molecule has 0 aromatic heterocycles. The van der Waals surface area contributed by atoms with Gasteiger partial charge in [0.25, 0.3) is 5.79 Å². The van der Waals surface area contributed by atoms with Gasteiger partial charge in [0, 0.05) is 38.4 Å². The molecule has 0 fully saturated rings. The smallest absolute Gasteiger partial charge is 0.365 e. The van der Waals surface area contributed by atoms with Crippen molar-refractivity contribution in [2.75, 3.05) is 26.4 Å². The van der Waals surface area contributed by atoms with E-state index in [1.54, 1.807) is 45.0 Å². The third-order valence-electron chi connectivity index (χ3n) is 4.25. The SMILES string of the molecule is C=CC(=O)OCC(CCCCCCCCC)(OOC(=O)C=C)Oc1ccccc1.CCO.CCO.CCO. The Balaban J connectivity index is -0.00000119. The summed E-state index contributed by atoms with van der Waals surface area (Å²) >= 11 is 0. The minimum absolute atomic E-state index is 0.250. The fraction of sp³-hybridized carbons (Fsp3) is 0.586. The Hall–Kier alpha value is -2.72. The van der Waals surface area contributed by atoms with Crippen LogP contribution in [0.5, 0.6) is 5.75 Å². The van der Waals surface area contributed by atoms with E-state index < -0.39 is 17.7 Å². The van der Waals surface area contributed by atoms with Crippen LogP contribution in [-0.2, 0) is 24.1 Å². The highest BCUT2D eigenvalue weighted by Crippen LogP contribution is 2.27. The maximum absolute atomic E-state index is 11.6. The van der Waals surface area contributed by atoms with Gasteiger partial charge in [-0.25, -0.2) is 9.59 Å². The van der Waals surface area contributed by atoms with Crippen LogP contribution >= 0.6 is 0 Å². The highest BCUT2D eigenvalue weighted by atomic mass is 17.2. The summed E-state index contributed by atoms with van der Waals surface area (Å²) in [6.45, 7) is 14.5. The average Bonchev–Trinajstić information content (AvgIpc) is 2.91. The molecule has 9 nitrogen and oxygen atoms in total. The predicted molar refractivity (Wildman–Crippen MR) is 149 cm³/mol. The molecule has 0 heterocycles. The van der Waals surface area contributed by atoms with Gasteiger partial charge in [0.1, 0.15) is 5.75 Å². The number of carbonyl (C=O) groups is 2. The maximum Gasteiger partial charge on any atom is 0.365 e. The number of rotatable bonds is 16. The molecule has 9 heteroatoms. The molecule has 3 N–H and O–H groups in total. The Morgan fingerprint density at radius 2 is 1.26 bits per heavy atom. The molecule has 1 aromatic carbocycles. The van der Waals surface area contributed by atoms with E-state index in [0.717, 1.165) is 37.8 Å². The van der Waals surface area contributed by atoms with Crippen LogP contribution in [-0.4, -0.2) is 59.5 Å². The zero-order valence-corrected chi connectivity index (χ0v) is 23.7. The highest BCUT2D eigenvalue weighted by Gasteiger charge is 2.38. The van der Waals surface area contributed by atoms with Gasteiger partial charge >= 0.3 is 11.9 Å². The van der Waals surface area contributed by atoms with Gasteiger partial charge in [0.05, 0.1) is 0 Å². The third-order valence-corrected chi connectivity index (χ3v) is 4.25. The minimum Gasteiger partial charge on any atom is -0.455 e. The lowest BCUT2D eigenvalue weighted by Gasteiger charge is -2.31. The summed E-state index contributed by atoms with van der Waals surface area (Å²) in [6.07, 6.45) is 10.0. The first-order valence-corrected chi connectivity index (χ1v) is 13.2. The lowest BCUT2D eigenvalue weighted by Crippen LogP contribution is -2.45. The van der Waals surface area contributed by atoms with Crippen molar-refractivity contribution in [3.63, 3.8) is 0 Å². The van der Waals surface area contributed by atoms with Gasteiger partial charge in [-0.2, -0.15) is 0 Å². The molecule has 1 atom stereocenters. The van der Waals surface area contributed by atoms with Gasteiger partial charge in [-0.1, -0.05) is 76.8 Å². The first-order chi connectivity index (χ1) is 18.3. The van der Waals surface area contributed by atoms with Crippen molar-refractivity contribution in [2.45, 2.75) is 84.8 Å². The summed E-state index contributed by atoms with van der Waals surface area (Å²) in [5.74, 6) is -2.35. The zero-order chi connectivity index (χ0) is 29.5. The summed E-state index contributed by atoms with van der Waals surface area (Å²) in [5.41, 5.74) is 0. The predicted octanol–water partition coefficient (Wildman–Crippen LogP) is 5.29. The first kappa shape index (κ1) is 39.8. The van der Waals surface area contributed by atoms with Crippen molar-refractivity contribution in [1.29, 1.82) is 0 Å². The second kappa shape index (κ2) is 30.5.